The lowest BCUT2D eigenvalue weighted by atomic mass is 10.2. The maximum absolute atomic E-state index is 13.3. The average molecular weight is 406 g/mol. The molecular formula is C22H16F2N4O2. The number of carbonyl (C=O) groups is 1. The molecule has 1 heterocycles. The Labute approximate surface area is 170 Å². The number of rotatable bonds is 5. The number of anilines is 1. The van der Waals surface area contributed by atoms with E-state index >= 15 is 0 Å². The Bertz CT molecular complexity index is 1130. The normalized spacial score (nSPS) is 10.6. The third-order valence-electron chi connectivity index (χ3n) is 4.31. The molecule has 1 amide bonds. The molecule has 0 atom stereocenters. The second-order valence-electron chi connectivity index (χ2n) is 6.34. The first kappa shape index (κ1) is 19.3. The fourth-order valence-corrected chi connectivity index (χ4v) is 2.84. The van der Waals surface area contributed by atoms with Gasteiger partial charge in [-0.15, -0.1) is 5.10 Å². The predicted molar refractivity (Wildman–Crippen MR) is 108 cm³/mol. The summed E-state index contributed by atoms with van der Waals surface area (Å²) in [5, 5.41) is 7.01. The molecule has 6 nitrogen and oxygen atoms in total. The van der Waals surface area contributed by atoms with Crippen molar-refractivity contribution in [2.24, 2.45) is 0 Å². The highest BCUT2D eigenvalue weighted by molar-refractivity contribution is 6.01. The third kappa shape index (κ3) is 4.02. The van der Waals surface area contributed by atoms with Crippen LogP contribution in [0.4, 0.5) is 14.5 Å². The fraction of sp³-hybridized carbons (Fsp3) is 0.0455. The number of benzene rings is 3. The van der Waals surface area contributed by atoms with Gasteiger partial charge in [0.25, 0.3) is 5.91 Å². The van der Waals surface area contributed by atoms with Gasteiger partial charge in [-0.25, -0.2) is 18.4 Å². The summed E-state index contributed by atoms with van der Waals surface area (Å²) in [5.74, 6) is -0.531. The predicted octanol–water partition coefficient (Wildman–Crippen LogP) is 4.47. The number of nitrogens with zero attached hydrogens (tertiary/aromatic N) is 3. The number of carbonyl (C=O) groups excluding carboxylic acids is 1. The van der Waals surface area contributed by atoms with E-state index in [0.29, 0.717) is 28.5 Å². The first-order valence-corrected chi connectivity index (χ1v) is 8.98. The van der Waals surface area contributed by atoms with Gasteiger partial charge in [-0.1, -0.05) is 6.07 Å². The van der Waals surface area contributed by atoms with Crippen molar-refractivity contribution < 1.29 is 18.3 Å². The van der Waals surface area contributed by atoms with Crippen LogP contribution < -0.4 is 10.1 Å². The monoisotopic (exact) mass is 406 g/mol. The van der Waals surface area contributed by atoms with Crippen LogP contribution in [0.25, 0.3) is 17.1 Å². The number of nitrogens with one attached hydrogen (secondary N) is 1. The summed E-state index contributed by atoms with van der Waals surface area (Å²) in [6, 6.07) is 18.1. The molecule has 0 unspecified atom stereocenters. The summed E-state index contributed by atoms with van der Waals surface area (Å²) in [6.45, 7) is 0. The number of hydrogen-bond acceptors (Lipinski definition) is 4. The molecule has 0 spiro atoms. The lowest BCUT2D eigenvalue weighted by molar-refractivity contribution is 0.101. The first-order valence-electron chi connectivity index (χ1n) is 8.98. The van der Waals surface area contributed by atoms with Gasteiger partial charge in [0.1, 0.15) is 17.4 Å². The fourth-order valence-electron chi connectivity index (χ4n) is 2.84. The Morgan fingerprint density at radius 2 is 1.63 bits per heavy atom. The molecule has 8 heteroatoms. The summed E-state index contributed by atoms with van der Waals surface area (Å²) in [5.41, 5.74) is 1.57. The van der Waals surface area contributed by atoms with Crippen molar-refractivity contribution in [1.82, 2.24) is 14.8 Å². The van der Waals surface area contributed by atoms with Crippen LogP contribution in [0.3, 0.4) is 0 Å². The molecule has 150 valence electrons. The average Bonchev–Trinajstić information content (AvgIpc) is 3.20. The maximum Gasteiger partial charge on any atom is 0.295 e. The van der Waals surface area contributed by atoms with Gasteiger partial charge in [-0.05, 0) is 60.7 Å². The minimum atomic E-state index is -0.535. The number of halogens is 2. The summed E-state index contributed by atoms with van der Waals surface area (Å²) >= 11 is 0. The van der Waals surface area contributed by atoms with Crippen molar-refractivity contribution in [3.63, 3.8) is 0 Å². The SMILES string of the molecule is COc1cccc(NC(=O)c2nc(-c3ccc(F)cc3)n(-c3ccc(F)cc3)n2)c1. The van der Waals surface area contributed by atoms with E-state index in [9.17, 15) is 13.6 Å². The van der Waals surface area contributed by atoms with Crippen molar-refractivity contribution in [1.29, 1.82) is 0 Å². The molecular weight excluding hydrogens is 390 g/mol. The highest BCUT2D eigenvalue weighted by Gasteiger charge is 2.19. The minimum Gasteiger partial charge on any atom is -0.497 e. The van der Waals surface area contributed by atoms with Crippen molar-refractivity contribution in [2.45, 2.75) is 0 Å². The van der Waals surface area contributed by atoms with E-state index in [1.54, 1.807) is 24.3 Å². The Morgan fingerprint density at radius 3 is 2.30 bits per heavy atom. The van der Waals surface area contributed by atoms with Gasteiger partial charge in [-0.2, -0.15) is 0 Å². The van der Waals surface area contributed by atoms with E-state index in [-0.39, 0.29) is 5.82 Å². The summed E-state index contributed by atoms with van der Waals surface area (Å²) in [4.78, 5) is 17.1. The molecule has 0 aliphatic rings. The standard InChI is InChI=1S/C22H16F2N4O2/c1-30-19-4-2-3-17(13-19)25-22(29)20-26-21(14-5-7-15(23)8-6-14)28(27-20)18-11-9-16(24)10-12-18/h2-13H,1H3,(H,25,29). The van der Waals surface area contributed by atoms with Gasteiger partial charge in [0.2, 0.25) is 5.82 Å². The minimum absolute atomic E-state index is 0.0959. The molecule has 0 saturated heterocycles. The quantitative estimate of drug-likeness (QED) is 0.531. The lowest BCUT2D eigenvalue weighted by Crippen LogP contribution is -2.14. The molecule has 3 aromatic carbocycles. The van der Waals surface area contributed by atoms with Gasteiger partial charge in [0, 0.05) is 17.3 Å². The van der Waals surface area contributed by atoms with Gasteiger partial charge >= 0.3 is 0 Å². The summed E-state index contributed by atoms with van der Waals surface area (Å²) in [6.07, 6.45) is 0. The van der Waals surface area contributed by atoms with Gasteiger partial charge in [0.15, 0.2) is 5.82 Å². The van der Waals surface area contributed by atoms with Crippen molar-refractivity contribution >= 4 is 11.6 Å². The molecule has 0 saturated carbocycles. The van der Waals surface area contributed by atoms with Crippen molar-refractivity contribution in [3.8, 4) is 22.8 Å². The van der Waals surface area contributed by atoms with Crippen LogP contribution in [0, 0.1) is 11.6 Å². The van der Waals surface area contributed by atoms with Crippen LogP contribution in [0.15, 0.2) is 72.8 Å². The molecule has 0 radical (unpaired) electrons. The van der Waals surface area contributed by atoms with Crippen LogP contribution in [0.2, 0.25) is 0 Å². The van der Waals surface area contributed by atoms with E-state index < -0.39 is 17.5 Å². The van der Waals surface area contributed by atoms with E-state index in [2.05, 4.69) is 15.4 Å². The van der Waals surface area contributed by atoms with E-state index in [1.807, 2.05) is 0 Å². The van der Waals surface area contributed by atoms with Crippen LogP contribution in [0.1, 0.15) is 10.6 Å². The molecule has 30 heavy (non-hydrogen) atoms. The first-order chi connectivity index (χ1) is 14.5. The molecule has 0 aliphatic carbocycles. The Kier molecular flexibility index (Phi) is 5.21. The third-order valence-corrected chi connectivity index (χ3v) is 4.31. The Morgan fingerprint density at radius 1 is 0.967 bits per heavy atom. The highest BCUT2D eigenvalue weighted by atomic mass is 19.1. The van der Waals surface area contributed by atoms with Crippen molar-refractivity contribution in [2.75, 3.05) is 12.4 Å². The number of hydrogen-bond donors (Lipinski definition) is 1. The van der Waals surface area contributed by atoms with E-state index in [4.69, 9.17) is 4.74 Å². The zero-order chi connectivity index (χ0) is 21.1. The number of methoxy groups -OCH3 is 1. The summed E-state index contributed by atoms with van der Waals surface area (Å²) < 4.78 is 33.3. The van der Waals surface area contributed by atoms with Crippen LogP contribution in [0.5, 0.6) is 5.75 Å². The van der Waals surface area contributed by atoms with Gasteiger partial charge in [-0.3, -0.25) is 4.79 Å². The number of amides is 1. The molecule has 0 aliphatic heterocycles. The van der Waals surface area contributed by atoms with Crippen LogP contribution in [-0.4, -0.2) is 27.8 Å². The largest absolute Gasteiger partial charge is 0.497 e. The van der Waals surface area contributed by atoms with Gasteiger partial charge in [0.05, 0.1) is 12.8 Å². The molecule has 1 N–H and O–H groups in total. The van der Waals surface area contributed by atoms with E-state index in [1.165, 1.54) is 60.3 Å². The topological polar surface area (TPSA) is 69.0 Å². The number of ether oxygens (including phenoxy) is 1. The van der Waals surface area contributed by atoms with Crippen LogP contribution >= 0.6 is 0 Å². The molecule has 0 fully saturated rings. The Balaban J connectivity index is 1.73. The summed E-state index contributed by atoms with van der Waals surface area (Å²) in [7, 11) is 1.53. The maximum atomic E-state index is 13.3. The van der Waals surface area contributed by atoms with Crippen molar-refractivity contribution in [3.05, 3.63) is 90.3 Å². The second-order valence-corrected chi connectivity index (χ2v) is 6.34. The Hall–Kier alpha value is -4.07. The van der Waals surface area contributed by atoms with E-state index in [0.717, 1.165) is 0 Å². The zero-order valence-corrected chi connectivity index (χ0v) is 15.8. The van der Waals surface area contributed by atoms with Crippen LogP contribution in [-0.2, 0) is 0 Å². The van der Waals surface area contributed by atoms with Gasteiger partial charge < -0.3 is 10.1 Å². The lowest BCUT2D eigenvalue weighted by Gasteiger charge is -2.06. The molecule has 4 aromatic rings. The second kappa shape index (κ2) is 8.12. The highest BCUT2D eigenvalue weighted by Crippen LogP contribution is 2.23. The molecule has 4 rings (SSSR count). The zero-order valence-electron chi connectivity index (χ0n) is 15.8. The smallest absolute Gasteiger partial charge is 0.295 e. The molecule has 1 aromatic heterocycles. The number of aromatic nitrogens is 3. The molecule has 0 bridgehead atoms.